The Bertz CT molecular complexity index is 1120. The number of carbonyl (C=O) groups excluding carboxylic acids is 1. The minimum Gasteiger partial charge on any atom is -0.497 e. The zero-order valence-corrected chi connectivity index (χ0v) is 17.6. The van der Waals surface area contributed by atoms with Gasteiger partial charge < -0.3 is 19.5 Å². The van der Waals surface area contributed by atoms with E-state index < -0.39 is 10.8 Å². The lowest BCUT2D eigenvalue weighted by Gasteiger charge is -2.13. The molecule has 156 valence electrons. The number of anilines is 1. The molecule has 30 heavy (non-hydrogen) atoms. The van der Waals surface area contributed by atoms with Crippen molar-refractivity contribution in [1.29, 1.82) is 0 Å². The monoisotopic (exact) mass is 427 g/mol. The van der Waals surface area contributed by atoms with E-state index in [0.29, 0.717) is 34.4 Å². The van der Waals surface area contributed by atoms with Gasteiger partial charge in [-0.05, 0) is 42.5 Å². The van der Waals surface area contributed by atoms with E-state index in [0.717, 1.165) is 22.7 Å². The molecule has 0 bridgehead atoms. The average Bonchev–Trinajstić information content (AvgIpc) is 3.29. The van der Waals surface area contributed by atoms with Crippen LogP contribution in [0.4, 0.5) is 5.82 Å². The number of methoxy groups -OCH3 is 3. The van der Waals surface area contributed by atoms with Crippen LogP contribution in [0.3, 0.4) is 0 Å². The van der Waals surface area contributed by atoms with Gasteiger partial charge in [0.25, 0.3) is 5.91 Å². The summed E-state index contributed by atoms with van der Waals surface area (Å²) >= 11 is 0. The molecule has 0 radical (unpaired) electrons. The summed E-state index contributed by atoms with van der Waals surface area (Å²) in [6, 6.07) is 12.3. The Hall–Kier alpha value is -3.33. The van der Waals surface area contributed by atoms with Crippen LogP contribution in [0, 0.1) is 0 Å². The van der Waals surface area contributed by atoms with Gasteiger partial charge in [-0.3, -0.25) is 9.00 Å². The zero-order chi connectivity index (χ0) is 21.3. The van der Waals surface area contributed by atoms with Crippen molar-refractivity contribution in [3.05, 3.63) is 59.3 Å². The molecule has 1 aliphatic rings. The van der Waals surface area contributed by atoms with Crippen LogP contribution in [-0.2, 0) is 22.3 Å². The lowest BCUT2D eigenvalue weighted by Crippen LogP contribution is -2.16. The molecule has 3 aromatic rings. The number of amides is 1. The van der Waals surface area contributed by atoms with Gasteiger partial charge in [-0.2, -0.15) is 5.10 Å². The molecular formula is C21H21N3O5S. The van der Waals surface area contributed by atoms with Crippen LogP contribution < -0.4 is 19.5 Å². The number of ether oxygens (including phenoxy) is 3. The molecule has 1 amide bonds. The Morgan fingerprint density at radius 1 is 1.00 bits per heavy atom. The summed E-state index contributed by atoms with van der Waals surface area (Å²) in [5, 5.41) is 7.54. The molecule has 1 atom stereocenters. The SMILES string of the molecule is COc1ccc(-n2nc3c(c2NC(=O)c2ccc(OC)c(OC)c2)CS(=O)C3)cc1. The molecule has 0 saturated carbocycles. The van der Waals surface area contributed by atoms with E-state index in [1.807, 2.05) is 24.3 Å². The summed E-state index contributed by atoms with van der Waals surface area (Å²) in [6.07, 6.45) is 0. The molecule has 1 unspecified atom stereocenters. The van der Waals surface area contributed by atoms with Crippen LogP contribution in [0.5, 0.6) is 17.2 Å². The summed E-state index contributed by atoms with van der Waals surface area (Å²) in [7, 11) is 3.63. The van der Waals surface area contributed by atoms with Gasteiger partial charge in [0.1, 0.15) is 11.6 Å². The number of nitrogens with zero attached hydrogens (tertiary/aromatic N) is 2. The lowest BCUT2D eigenvalue weighted by atomic mass is 10.2. The largest absolute Gasteiger partial charge is 0.497 e. The van der Waals surface area contributed by atoms with E-state index in [9.17, 15) is 9.00 Å². The van der Waals surface area contributed by atoms with E-state index in [-0.39, 0.29) is 5.91 Å². The van der Waals surface area contributed by atoms with E-state index in [1.54, 1.807) is 30.0 Å². The Morgan fingerprint density at radius 2 is 1.73 bits per heavy atom. The standard InChI is InChI=1S/C21H21N3O5S/c1-27-15-7-5-14(6-8-15)24-20(16-11-30(26)12-17(16)23-24)22-21(25)13-4-9-18(28-2)19(10-13)29-3/h4-10H,11-12H2,1-3H3,(H,22,25). The van der Waals surface area contributed by atoms with E-state index >= 15 is 0 Å². The number of hydrogen-bond donors (Lipinski definition) is 1. The van der Waals surface area contributed by atoms with Crippen molar-refractivity contribution in [3.8, 4) is 22.9 Å². The third-order valence-electron chi connectivity index (χ3n) is 4.86. The second-order valence-electron chi connectivity index (χ2n) is 6.64. The maximum Gasteiger partial charge on any atom is 0.256 e. The Balaban J connectivity index is 1.71. The van der Waals surface area contributed by atoms with Crippen LogP contribution in [0.15, 0.2) is 42.5 Å². The maximum absolute atomic E-state index is 13.0. The summed E-state index contributed by atoms with van der Waals surface area (Å²) in [4.78, 5) is 13.0. The third kappa shape index (κ3) is 3.63. The van der Waals surface area contributed by atoms with Gasteiger partial charge in [0, 0.05) is 21.9 Å². The van der Waals surface area contributed by atoms with Crippen molar-refractivity contribution in [2.45, 2.75) is 11.5 Å². The number of aromatic nitrogens is 2. The predicted octanol–water partition coefficient (Wildman–Crippen LogP) is 2.91. The molecule has 0 fully saturated rings. The van der Waals surface area contributed by atoms with E-state index in [2.05, 4.69) is 10.4 Å². The number of nitrogens with one attached hydrogen (secondary N) is 1. The number of benzene rings is 2. The first kappa shape index (κ1) is 20.0. The lowest BCUT2D eigenvalue weighted by molar-refractivity contribution is 0.102. The van der Waals surface area contributed by atoms with E-state index in [4.69, 9.17) is 14.2 Å². The van der Waals surface area contributed by atoms with Crippen molar-refractivity contribution in [1.82, 2.24) is 9.78 Å². The first-order valence-electron chi connectivity index (χ1n) is 9.17. The summed E-state index contributed by atoms with van der Waals surface area (Å²) in [5.41, 5.74) is 2.69. The van der Waals surface area contributed by atoms with Gasteiger partial charge in [-0.15, -0.1) is 0 Å². The molecule has 1 N–H and O–H groups in total. The van der Waals surface area contributed by atoms with E-state index in [1.165, 1.54) is 14.2 Å². The van der Waals surface area contributed by atoms with Crippen LogP contribution in [0.25, 0.3) is 5.69 Å². The molecule has 0 saturated heterocycles. The highest BCUT2D eigenvalue weighted by molar-refractivity contribution is 7.83. The molecule has 0 spiro atoms. The van der Waals surface area contributed by atoms with Crippen molar-refractivity contribution < 1.29 is 23.2 Å². The highest BCUT2D eigenvalue weighted by atomic mass is 32.2. The molecule has 1 aromatic heterocycles. The molecule has 2 heterocycles. The van der Waals surface area contributed by atoms with Gasteiger partial charge in [-0.1, -0.05) is 0 Å². The van der Waals surface area contributed by atoms with Gasteiger partial charge in [-0.25, -0.2) is 4.68 Å². The second kappa shape index (κ2) is 8.19. The summed E-state index contributed by atoms with van der Waals surface area (Å²) in [6.45, 7) is 0. The highest BCUT2D eigenvalue weighted by Crippen LogP contribution is 2.33. The molecule has 0 aliphatic carbocycles. The molecule has 2 aromatic carbocycles. The van der Waals surface area contributed by atoms with Crippen LogP contribution in [0.2, 0.25) is 0 Å². The van der Waals surface area contributed by atoms with Crippen molar-refractivity contribution in [3.63, 3.8) is 0 Å². The molecule has 8 nitrogen and oxygen atoms in total. The fourth-order valence-corrected chi connectivity index (χ4v) is 4.59. The Kier molecular flexibility index (Phi) is 5.45. The maximum atomic E-state index is 13.0. The molecule has 1 aliphatic heterocycles. The average molecular weight is 427 g/mol. The van der Waals surface area contributed by atoms with Gasteiger partial charge in [0.15, 0.2) is 11.5 Å². The number of carbonyl (C=O) groups is 1. The van der Waals surface area contributed by atoms with Crippen LogP contribution >= 0.6 is 0 Å². The number of rotatable bonds is 6. The fourth-order valence-electron chi connectivity index (χ4n) is 3.32. The van der Waals surface area contributed by atoms with Gasteiger partial charge >= 0.3 is 0 Å². The first-order chi connectivity index (χ1) is 14.5. The topological polar surface area (TPSA) is 91.7 Å². The van der Waals surface area contributed by atoms with Crippen LogP contribution in [-0.4, -0.2) is 41.2 Å². The molecular weight excluding hydrogens is 406 g/mol. The minimum atomic E-state index is -1.02. The Labute approximate surface area is 176 Å². The van der Waals surface area contributed by atoms with Crippen molar-refractivity contribution in [2.75, 3.05) is 26.6 Å². The molecule has 9 heteroatoms. The summed E-state index contributed by atoms with van der Waals surface area (Å²) in [5.74, 6) is 2.63. The highest BCUT2D eigenvalue weighted by Gasteiger charge is 2.28. The second-order valence-corrected chi connectivity index (χ2v) is 8.09. The van der Waals surface area contributed by atoms with Crippen LogP contribution in [0.1, 0.15) is 21.6 Å². The number of hydrogen-bond acceptors (Lipinski definition) is 6. The molecule has 4 rings (SSSR count). The zero-order valence-electron chi connectivity index (χ0n) is 16.8. The minimum absolute atomic E-state index is 0.328. The summed E-state index contributed by atoms with van der Waals surface area (Å²) < 4.78 is 29.5. The third-order valence-corrected chi connectivity index (χ3v) is 6.07. The Morgan fingerprint density at radius 3 is 2.40 bits per heavy atom. The number of fused-ring (bicyclic) bond motifs is 1. The smallest absolute Gasteiger partial charge is 0.256 e. The van der Waals surface area contributed by atoms with Gasteiger partial charge in [0.2, 0.25) is 0 Å². The van der Waals surface area contributed by atoms with Crippen molar-refractivity contribution in [2.24, 2.45) is 0 Å². The first-order valence-corrected chi connectivity index (χ1v) is 10.7. The van der Waals surface area contributed by atoms with Crippen molar-refractivity contribution >= 4 is 22.5 Å². The fraction of sp³-hybridized carbons (Fsp3) is 0.238. The van der Waals surface area contributed by atoms with Gasteiger partial charge in [0.05, 0.1) is 44.2 Å². The normalized spacial score (nSPS) is 14.8. The predicted molar refractivity (Wildman–Crippen MR) is 113 cm³/mol. The quantitative estimate of drug-likeness (QED) is 0.650.